The fourth-order valence-electron chi connectivity index (χ4n) is 1.79. The topological polar surface area (TPSA) is 55.6 Å². The van der Waals surface area contributed by atoms with Gasteiger partial charge in [0.15, 0.2) is 0 Å². The number of methoxy groups -OCH3 is 1. The largest absolute Gasteiger partial charge is 0.384 e. The molecule has 2 N–H and O–H groups in total. The van der Waals surface area contributed by atoms with Crippen LogP contribution in [0.5, 0.6) is 0 Å². The maximum Gasteiger partial charge on any atom is 0.224 e. The van der Waals surface area contributed by atoms with E-state index in [1.807, 2.05) is 11.8 Å². The lowest BCUT2D eigenvalue weighted by molar-refractivity contribution is -0.131. The Morgan fingerprint density at radius 1 is 1.67 bits per heavy atom. The van der Waals surface area contributed by atoms with Crippen molar-refractivity contribution in [2.75, 3.05) is 26.8 Å². The van der Waals surface area contributed by atoms with Crippen molar-refractivity contribution in [3.63, 3.8) is 0 Å². The molecule has 0 spiro atoms. The van der Waals surface area contributed by atoms with E-state index in [0.29, 0.717) is 18.9 Å². The second-order valence-corrected chi connectivity index (χ2v) is 3.99. The molecule has 5 heteroatoms. The molecule has 15 heavy (non-hydrogen) atoms. The van der Waals surface area contributed by atoms with Crippen LogP contribution in [-0.2, 0) is 9.53 Å². The molecule has 4 nitrogen and oxygen atoms in total. The highest BCUT2D eigenvalue weighted by atomic mass is 35.5. The van der Waals surface area contributed by atoms with E-state index < -0.39 is 0 Å². The molecule has 0 aromatic rings. The second kappa shape index (κ2) is 7.04. The Morgan fingerprint density at radius 3 is 2.80 bits per heavy atom. The van der Waals surface area contributed by atoms with Gasteiger partial charge in [-0.05, 0) is 19.3 Å². The lowest BCUT2D eigenvalue weighted by Crippen LogP contribution is -2.33. The van der Waals surface area contributed by atoms with Gasteiger partial charge in [-0.1, -0.05) is 0 Å². The Morgan fingerprint density at radius 2 is 2.33 bits per heavy atom. The number of carbonyl (C=O) groups excluding carboxylic acids is 1. The highest BCUT2D eigenvalue weighted by Crippen LogP contribution is 2.19. The molecule has 1 saturated heterocycles. The van der Waals surface area contributed by atoms with Gasteiger partial charge in [-0.2, -0.15) is 0 Å². The second-order valence-electron chi connectivity index (χ2n) is 3.99. The Labute approximate surface area is 97.5 Å². The third-order valence-electron chi connectivity index (χ3n) is 2.84. The summed E-state index contributed by atoms with van der Waals surface area (Å²) in [6.45, 7) is 4.20. The molecule has 2 unspecified atom stereocenters. The zero-order chi connectivity index (χ0) is 10.6. The van der Waals surface area contributed by atoms with Gasteiger partial charge < -0.3 is 15.4 Å². The number of carbonyl (C=O) groups is 1. The highest BCUT2D eigenvalue weighted by Gasteiger charge is 2.27. The van der Waals surface area contributed by atoms with Gasteiger partial charge in [0.2, 0.25) is 5.91 Å². The first-order chi connectivity index (χ1) is 6.65. The van der Waals surface area contributed by atoms with E-state index in [1.54, 1.807) is 7.11 Å². The van der Waals surface area contributed by atoms with Crippen molar-refractivity contribution in [2.45, 2.75) is 25.8 Å². The number of nitrogens with two attached hydrogens (primary N) is 1. The van der Waals surface area contributed by atoms with Crippen LogP contribution in [0.15, 0.2) is 0 Å². The monoisotopic (exact) mass is 236 g/mol. The summed E-state index contributed by atoms with van der Waals surface area (Å²) in [5.41, 5.74) is 5.80. The van der Waals surface area contributed by atoms with Crippen LogP contribution in [0, 0.1) is 5.92 Å². The molecular formula is C10H21ClN2O2. The predicted molar refractivity (Wildman–Crippen MR) is 62.1 cm³/mol. The van der Waals surface area contributed by atoms with Crippen molar-refractivity contribution in [2.24, 2.45) is 11.7 Å². The van der Waals surface area contributed by atoms with Crippen LogP contribution in [0.25, 0.3) is 0 Å². The number of amides is 1. The number of rotatable bonds is 4. The van der Waals surface area contributed by atoms with Crippen LogP contribution < -0.4 is 5.73 Å². The first kappa shape index (κ1) is 14.7. The fourth-order valence-corrected chi connectivity index (χ4v) is 1.79. The van der Waals surface area contributed by atoms with E-state index >= 15 is 0 Å². The minimum atomic E-state index is 0. The molecule has 1 amide bonds. The first-order valence-corrected chi connectivity index (χ1v) is 5.17. The number of hydrogen-bond donors (Lipinski definition) is 1. The van der Waals surface area contributed by atoms with Crippen LogP contribution in [0.2, 0.25) is 0 Å². The Hall–Kier alpha value is -0.320. The minimum Gasteiger partial charge on any atom is -0.384 e. The Balaban J connectivity index is 0.00000196. The van der Waals surface area contributed by atoms with Crippen LogP contribution in [0.4, 0.5) is 0 Å². The van der Waals surface area contributed by atoms with Crippen molar-refractivity contribution in [3.8, 4) is 0 Å². The average molecular weight is 237 g/mol. The molecule has 0 saturated carbocycles. The van der Waals surface area contributed by atoms with Gasteiger partial charge in [0, 0.05) is 26.2 Å². The van der Waals surface area contributed by atoms with Crippen molar-refractivity contribution in [1.82, 2.24) is 4.90 Å². The molecule has 1 heterocycles. The first-order valence-electron chi connectivity index (χ1n) is 5.17. The Bertz CT molecular complexity index is 200. The Kier molecular flexibility index (Phi) is 6.89. The van der Waals surface area contributed by atoms with Gasteiger partial charge in [0.05, 0.1) is 13.0 Å². The van der Waals surface area contributed by atoms with Crippen molar-refractivity contribution in [1.29, 1.82) is 0 Å². The number of nitrogens with zero attached hydrogens (tertiary/aromatic N) is 1. The molecule has 0 radical (unpaired) electrons. The predicted octanol–water partition coefficient (Wildman–Crippen LogP) is 0.640. The molecule has 90 valence electrons. The van der Waals surface area contributed by atoms with Crippen molar-refractivity contribution >= 4 is 18.3 Å². The third-order valence-corrected chi connectivity index (χ3v) is 2.84. The summed E-state index contributed by atoms with van der Waals surface area (Å²) >= 11 is 0. The quantitative estimate of drug-likeness (QED) is 0.780. The summed E-state index contributed by atoms with van der Waals surface area (Å²) in [5, 5.41) is 0. The lowest BCUT2D eigenvalue weighted by atomic mass is 10.0. The molecule has 2 atom stereocenters. The number of ether oxygens (including phenoxy) is 1. The summed E-state index contributed by atoms with van der Waals surface area (Å²) in [6, 6.07) is 0.190. The lowest BCUT2D eigenvalue weighted by Gasteiger charge is -2.17. The van der Waals surface area contributed by atoms with Gasteiger partial charge in [0.1, 0.15) is 0 Å². The van der Waals surface area contributed by atoms with Gasteiger partial charge in [0.25, 0.3) is 0 Å². The molecule has 0 bridgehead atoms. The van der Waals surface area contributed by atoms with Crippen LogP contribution >= 0.6 is 12.4 Å². The highest BCUT2D eigenvalue weighted by molar-refractivity contribution is 5.85. The summed E-state index contributed by atoms with van der Waals surface area (Å²) in [6.07, 6.45) is 1.53. The molecule has 1 fully saturated rings. The number of likely N-dealkylation sites (tertiary alicyclic amines) is 1. The van der Waals surface area contributed by atoms with Crippen LogP contribution in [0.1, 0.15) is 19.8 Å². The molecular weight excluding hydrogens is 216 g/mol. The SMILES string of the molecule is COCCC(=O)N1CCC(C(C)N)C1.Cl. The minimum absolute atomic E-state index is 0. The molecule has 0 aliphatic carbocycles. The molecule has 1 rings (SSSR count). The zero-order valence-corrected chi connectivity index (χ0v) is 10.3. The summed E-state index contributed by atoms with van der Waals surface area (Å²) in [4.78, 5) is 13.5. The molecule has 1 aliphatic heterocycles. The summed E-state index contributed by atoms with van der Waals surface area (Å²) < 4.78 is 4.87. The van der Waals surface area contributed by atoms with E-state index in [-0.39, 0.29) is 24.4 Å². The van der Waals surface area contributed by atoms with Crippen molar-refractivity contribution < 1.29 is 9.53 Å². The molecule has 0 aromatic heterocycles. The van der Waals surface area contributed by atoms with Gasteiger partial charge in [-0.25, -0.2) is 0 Å². The number of hydrogen-bond acceptors (Lipinski definition) is 3. The fraction of sp³-hybridized carbons (Fsp3) is 0.900. The molecule has 1 aliphatic rings. The van der Waals surface area contributed by atoms with Crippen molar-refractivity contribution in [3.05, 3.63) is 0 Å². The van der Waals surface area contributed by atoms with Gasteiger partial charge in [-0.15, -0.1) is 12.4 Å². The maximum absolute atomic E-state index is 11.6. The average Bonchev–Trinajstić information content (AvgIpc) is 2.62. The van der Waals surface area contributed by atoms with E-state index in [4.69, 9.17) is 10.5 Å². The van der Waals surface area contributed by atoms with E-state index in [1.165, 1.54) is 0 Å². The van der Waals surface area contributed by atoms with Gasteiger partial charge >= 0.3 is 0 Å². The summed E-state index contributed by atoms with van der Waals surface area (Å²) in [5.74, 6) is 0.663. The zero-order valence-electron chi connectivity index (χ0n) is 9.44. The number of halogens is 1. The van der Waals surface area contributed by atoms with E-state index in [2.05, 4.69) is 0 Å². The smallest absolute Gasteiger partial charge is 0.224 e. The van der Waals surface area contributed by atoms with Crippen LogP contribution in [0.3, 0.4) is 0 Å². The van der Waals surface area contributed by atoms with E-state index in [0.717, 1.165) is 19.5 Å². The standard InChI is InChI=1S/C10H20N2O2.ClH/c1-8(11)9-3-5-12(7-9)10(13)4-6-14-2;/h8-9H,3-7,11H2,1-2H3;1H. The maximum atomic E-state index is 11.6. The van der Waals surface area contributed by atoms with Crippen LogP contribution in [-0.4, -0.2) is 43.7 Å². The van der Waals surface area contributed by atoms with Gasteiger partial charge in [-0.3, -0.25) is 4.79 Å². The molecule has 0 aromatic carbocycles. The van der Waals surface area contributed by atoms with E-state index in [9.17, 15) is 4.79 Å². The summed E-state index contributed by atoms with van der Waals surface area (Å²) in [7, 11) is 1.61. The third kappa shape index (κ3) is 4.36. The normalized spacial score (nSPS) is 22.3.